The van der Waals surface area contributed by atoms with E-state index in [0.717, 1.165) is 5.56 Å². The van der Waals surface area contributed by atoms with Crippen molar-refractivity contribution in [3.63, 3.8) is 0 Å². The maximum atomic E-state index is 12.9. The van der Waals surface area contributed by atoms with Crippen LogP contribution in [-0.2, 0) is 15.9 Å². The smallest absolute Gasteiger partial charge is 0.191 e. The molecule has 2 atom stereocenters. The lowest BCUT2D eigenvalue weighted by Gasteiger charge is -2.20. The first-order valence-corrected chi connectivity index (χ1v) is 9.31. The molecule has 0 radical (unpaired) electrons. The largest absolute Gasteiger partial charge is 0.389 e. The van der Waals surface area contributed by atoms with Crippen molar-refractivity contribution in [1.29, 1.82) is 0 Å². The first kappa shape index (κ1) is 21.5. The van der Waals surface area contributed by atoms with Gasteiger partial charge >= 0.3 is 0 Å². The van der Waals surface area contributed by atoms with Crippen LogP contribution in [0.4, 0.5) is 0 Å². The zero-order valence-corrected chi connectivity index (χ0v) is 16.2. The molecule has 0 fully saturated rings. The van der Waals surface area contributed by atoms with Crippen LogP contribution in [0.5, 0.6) is 0 Å². The fourth-order valence-electron chi connectivity index (χ4n) is 2.58. The fourth-order valence-corrected chi connectivity index (χ4v) is 2.71. The molecule has 0 bridgehead atoms. The second-order valence-corrected chi connectivity index (χ2v) is 6.67. The number of methoxy groups -OCH3 is 1. The lowest BCUT2D eigenvalue weighted by atomic mass is 10.00. The molecule has 0 heterocycles. The molecule has 0 aliphatic rings. The summed E-state index contributed by atoms with van der Waals surface area (Å²) in [5.41, 5.74) is 1.53. The van der Waals surface area contributed by atoms with Crippen LogP contribution in [0, 0.1) is 0 Å². The van der Waals surface area contributed by atoms with Crippen molar-refractivity contribution in [2.45, 2.75) is 18.6 Å². The van der Waals surface area contributed by atoms with Crippen LogP contribution in [0.1, 0.15) is 15.9 Å². The summed E-state index contributed by atoms with van der Waals surface area (Å²) in [6, 6.07) is 16.4. The minimum Gasteiger partial charge on any atom is -0.389 e. The summed E-state index contributed by atoms with van der Waals surface area (Å²) in [5.74, 6) is -0.106. The lowest BCUT2D eigenvalue weighted by molar-refractivity contribution is -0.00197. The first-order valence-electron chi connectivity index (χ1n) is 8.93. The highest BCUT2D eigenvalue weighted by Gasteiger charge is 2.22. The number of Topliss-reactive ketones (excluding diaryl/α,β-unsaturated/α-hetero) is 1. The van der Waals surface area contributed by atoms with Gasteiger partial charge in [0.15, 0.2) is 5.78 Å². The summed E-state index contributed by atoms with van der Waals surface area (Å²) in [6.45, 7) is 1.65. The number of nitrogens with one attached hydrogen (secondary N) is 1. The zero-order chi connectivity index (χ0) is 19.5. The summed E-state index contributed by atoms with van der Waals surface area (Å²) in [7, 11) is 1.62. The molecule has 0 saturated heterocycles. The molecule has 0 aliphatic heterocycles. The molecule has 0 amide bonds. The van der Waals surface area contributed by atoms with Gasteiger partial charge in [0.25, 0.3) is 0 Å². The lowest BCUT2D eigenvalue weighted by Crippen LogP contribution is -2.36. The van der Waals surface area contributed by atoms with Crippen LogP contribution in [0.25, 0.3) is 0 Å². The number of ketones is 1. The van der Waals surface area contributed by atoms with Gasteiger partial charge in [-0.3, -0.25) is 4.79 Å². The van der Waals surface area contributed by atoms with Crippen molar-refractivity contribution in [1.82, 2.24) is 5.32 Å². The molecule has 2 rings (SSSR count). The van der Waals surface area contributed by atoms with Crippen LogP contribution < -0.4 is 5.32 Å². The number of rotatable bonds is 12. The Balaban J connectivity index is 1.98. The Bertz CT molecular complexity index is 678. The zero-order valence-electron chi connectivity index (χ0n) is 15.4. The second kappa shape index (κ2) is 11.8. The van der Waals surface area contributed by atoms with Gasteiger partial charge in [0.05, 0.1) is 19.3 Å². The van der Waals surface area contributed by atoms with Crippen LogP contribution in [0.3, 0.4) is 0 Å². The number of carbonyl (C=O) groups is 1. The van der Waals surface area contributed by atoms with E-state index in [0.29, 0.717) is 36.7 Å². The molecule has 2 N–H and O–H groups in total. The molecule has 5 nitrogen and oxygen atoms in total. The van der Waals surface area contributed by atoms with Crippen LogP contribution in [0.15, 0.2) is 54.6 Å². The normalized spacial score (nSPS) is 13.3. The quantitative estimate of drug-likeness (QED) is 0.430. The highest BCUT2D eigenvalue weighted by Crippen LogP contribution is 2.15. The van der Waals surface area contributed by atoms with Crippen molar-refractivity contribution >= 4 is 17.4 Å². The molecule has 2 unspecified atom stereocenters. The third-order valence-corrected chi connectivity index (χ3v) is 4.29. The molecule has 0 spiro atoms. The average molecular weight is 392 g/mol. The molecule has 0 aliphatic carbocycles. The molecule has 0 saturated carbocycles. The average Bonchev–Trinajstić information content (AvgIpc) is 2.70. The van der Waals surface area contributed by atoms with E-state index in [2.05, 4.69) is 5.32 Å². The minimum absolute atomic E-state index is 0.0663. The van der Waals surface area contributed by atoms with E-state index in [1.165, 1.54) is 0 Å². The predicted octanol–water partition coefficient (Wildman–Crippen LogP) is 2.75. The molecular formula is C21H26ClNO4. The van der Waals surface area contributed by atoms with Crippen LogP contribution >= 0.6 is 11.6 Å². The standard InChI is InChI=1S/C21H26ClNO4/c1-26-12-11-23-14-19(24)15-27-20(13-16-7-9-18(22)10-8-16)21(25)17-5-3-2-4-6-17/h2-10,19-20,23-24H,11-15H2,1H3. The van der Waals surface area contributed by atoms with Crippen molar-refractivity contribution in [3.8, 4) is 0 Å². The summed E-state index contributed by atoms with van der Waals surface area (Å²) >= 11 is 5.93. The van der Waals surface area contributed by atoms with Gasteiger partial charge in [-0.15, -0.1) is 0 Å². The molecular weight excluding hydrogens is 366 g/mol. The summed E-state index contributed by atoms with van der Waals surface area (Å²) in [4.78, 5) is 12.9. The maximum Gasteiger partial charge on any atom is 0.191 e. The number of aliphatic hydroxyl groups is 1. The van der Waals surface area contributed by atoms with Crippen LogP contribution in [0.2, 0.25) is 5.02 Å². The second-order valence-electron chi connectivity index (χ2n) is 6.23. The van der Waals surface area contributed by atoms with E-state index in [4.69, 9.17) is 21.1 Å². The Kier molecular flexibility index (Phi) is 9.45. The van der Waals surface area contributed by atoms with Crippen molar-refractivity contribution in [2.75, 3.05) is 33.4 Å². The summed E-state index contributed by atoms with van der Waals surface area (Å²) in [6.07, 6.45) is -0.977. The van der Waals surface area contributed by atoms with E-state index in [1.807, 2.05) is 30.3 Å². The van der Waals surface area contributed by atoms with Crippen LogP contribution in [-0.4, -0.2) is 56.5 Å². The molecule has 27 heavy (non-hydrogen) atoms. The monoisotopic (exact) mass is 391 g/mol. The third-order valence-electron chi connectivity index (χ3n) is 4.04. The number of ether oxygens (including phenoxy) is 2. The van der Waals surface area contributed by atoms with Gasteiger partial charge in [0.1, 0.15) is 6.10 Å². The summed E-state index contributed by atoms with van der Waals surface area (Å²) in [5, 5.41) is 13.8. The predicted molar refractivity (Wildman–Crippen MR) is 106 cm³/mol. The Hall–Kier alpha value is -1.76. The molecule has 2 aromatic rings. The minimum atomic E-state index is -0.710. The van der Waals surface area contributed by atoms with Gasteiger partial charge < -0.3 is 19.9 Å². The van der Waals surface area contributed by atoms with Crippen molar-refractivity contribution < 1.29 is 19.4 Å². The summed E-state index contributed by atoms with van der Waals surface area (Å²) < 4.78 is 10.8. The SMILES string of the molecule is COCCNCC(O)COC(Cc1ccc(Cl)cc1)C(=O)c1ccccc1. The van der Waals surface area contributed by atoms with Gasteiger partial charge in [-0.1, -0.05) is 54.1 Å². The van der Waals surface area contributed by atoms with E-state index in [1.54, 1.807) is 31.4 Å². The van der Waals surface area contributed by atoms with Gasteiger partial charge in [-0.05, 0) is 17.7 Å². The number of benzene rings is 2. The van der Waals surface area contributed by atoms with E-state index >= 15 is 0 Å². The molecule has 146 valence electrons. The Morgan fingerprint density at radius 1 is 1.15 bits per heavy atom. The number of carbonyl (C=O) groups excluding carboxylic acids is 1. The van der Waals surface area contributed by atoms with Gasteiger partial charge in [-0.2, -0.15) is 0 Å². The van der Waals surface area contributed by atoms with Gasteiger partial charge in [-0.25, -0.2) is 0 Å². The molecule has 6 heteroatoms. The highest BCUT2D eigenvalue weighted by atomic mass is 35.5. The number of hydrogen-bond donors (Lipinski definition) is 2. The van der Waals surface area contributed by atoms with Gasteiger partial charge in [0, 0.05) is 37.2 Å². The number of halogens is 1. The molecule has 0 aromatic heterocycles. The van der Waals surface area contributed by atoms with E-state index < -0.39 is 12.2 Å². The Morgan fingerprint density at radius 2 is 1.85 bits per heavy atom. The third kappa shape index (κ3) is 7.79. The van der Waals surface area contributed by atoms with E-state index in [-0.39, 0.29) is 12.4 Å². The molecule has 2 aromatic carbocycles. The number of aliphatic hydroxyl groups excluding tert-OH is 1. The maximum absolute atomic E-state index is 12.9. The van der Waals surface area contributed by atoms with E-state index in [9.17, 15) is 9.90 Å². The Morgan fingerprint density at radius 3 is 2.52 bits per heavy atom. The number of hydrogen-bond acceptors (Lipinski definition) is 5. The van der Waals surface area contributed by atoms with Crippen molar-refractivity contribution in [2.24, 2.45) is 0 Å². The Labute approximate surface area is 165 Å². The van der Waals surface area contributed by atoms with Crippen molar-refractivity contribution in [3.05, 3.63) is 70.7 Å². The highest BCUT2D eigenvalue weighted by molar-refractivity contribution is 6.30. The first-order chi connectivity index (χ1) is 13.1. The fraction of sp³-hybridized carbons (Fsp3) is 0.381. The topological polar surface area (TPSA) is 67.8 Å². The van der Waals surface area contributed by atoms with Gasteiger partial charge in [0.2, 0.25) is 0 Å².